The Kier molecular flexibility index (Phi) is 4.92. The molecule has 0 saturated heterocycles. The lowest BCUT2D eigenvalue weighted by Crippen LogP contribution is -2.25. The number of amides is 1. The second kappa shape index (κ2) is 6.72. The molecule has 5 nitrogen and oxygen atoms in total. The summed E-state index contributed by atoms with van der Waals surface area (Å²) in [5.74, 6) is -2.32. The van der Waals surface area contributed by atoms with Gasteiger partial charge in [-0.2, -0.15) is 13.2 Å². The number of nitrogens with zero attached hydrogens (tertiary/aromatic N) is 1. The van der Waals surface area contributed by atoms with E-state index in [0.717, 1.165) is 6.07 Å². The summed E-state index contributed by atoms with van der Waals surface area (Å²) in [6, 6.07) is 4.70. The third-order valence-electron chi connectivity index (χ3n) is 3.14. The van der Waals surface area contributed by atoms with Crippen LogP contribution >= 0.6 is 0 Å². The highest BCUT2D eigenvalue weighted by Crippen LogP contribution is 2.39. The van der Waals surface area contributed by atoms with Crippen LogP contribution < -0.4 is 10.5 Å². The summed E-state index contributed by atoms with van der Waals surface area (Å²) in [5.41, 5.74) is 3.97. The van der Waals surface area contributed by atoms with Gasteiger partial charge in [0, 0.05) is 6.07 Å². The minimum absolute atomic E-state index is 0.0507. The van der Waals surface area contributed by atoms with Crippen molar-refractivity contribution in [2.75, 3.05) is 6.61 Å². The van der Waals surface area contributed by atoms with E-state index in [4.69, 9.17) is 15.0 Å². The molecule has 0 aliphatic heterocycles. The molecule has 1 aromatic carbocycles. The summed E-state index contributed by atoms with van der Waals surface area (Å²) in [5, 5.41) is 3.41. The zero-order valence-corrected chi connectivity index (χ0v) is 12.3. The van der Waals surface area contributed by atoms with Crippen LogP contribution in [0, 0.1) is 0 Å². The predicted octanol–water partition coefficient (Wildman–Crippen LogP) is 3.10. The van der Waals surface area contributed by atoms with Crippen LogP contribution in [0.15, 0.2) is 35.0 Å². The highest BCUT2D eigenvalue weighted by Gasteiger charge is 2.38. The number of ether oxygens (including phenoxy) is 1. The van der Waals surface area contributed by atoms with Gasteiger partial charge >= 0.3 is 6.18 Å². The van der Waals surface area contributed by atoms with Gasteiger partial charge in [-0.3, -0.25) is 4.79 Å². The maximum atomic E-state index is 13.4. The SMILES string of the molecule is CCCOc1ccc(C(C(N)=O)c2ccno2)c(C(F)(F)F)c1. The molecule has 124 valence electrons. The first-order chi connectivity index (χ1) is 10.8. The van der Waals surface area contributed by atoms with Crippen molar-refractivity contribution in [1.82, 2.24) is 5.16 Å². The first kappa shape index (κ1) is 16.9. The minimum atomic E-state index is -4.67. The van der Waals surface area contributed by atoms with Gasteiger partial charge in [-0.15, -0.1) is 0 Å². The van der Waals surface area contributed by atoms with Crippen molar-refractivity contribution in [3.63, 3.8) is 0 Å². The van der Waals surface area contributed by atoms with Crippen LogP contribution in [-0.2, 0) is 11.0 Å². The Morgan fingerprint density at radius 1 is 1.39 bits per heavy atom. The first-order valence-electron chi connectivity index (χ1n) is 6.88. The van der Waals surface area contributed by atoms with Crippen LogP contribution in [0.4, 0.5) is 13.2 Å². The second-order valence-electron chi connectivity index (χ2n) is 4.85. The zero-order chi connectivity index (χ0) is 17.0. The normalized spacial score (nSPS) is 12.9. The number of carbonyl (C=O) groups excluding carboxylic acids is 1. The Hall–Kier alpha value is -2.51. The number of carbonyl (C=O) groups is 1. The van der Waals surface area contributed by atoms with Gasteiger partial charge in [-0.05, 0) is 24.1 Å². The fourth-order valence-electron chi connectivity index (χ4n) is 2.16. The van der Waals surface area contributed by atoms with E-state index in [0.29, 0.717) is 6.42 Å². The van der Waals surface area contributed by atoms with Crippen molar-refractivity contribution < 1.29 is 27.2 Å². The van der Waals surface area contributed by atoms with Crippen molar-refractivity contribution in [3.8, 4) is 5.75 Å². The molecule has 2 rings (SSSR count). The van der Waals surface area contributed by atoms with Crippen molar-refractivity contribution in [1.29, 1.82) is 0 Å². The summed E-state index contributed by atoms with van der Waals surface area (Å²) in [4.78, 5) is 11.7. The molecule has 0 radical (unpaired) electrons. The molecule has 0 aliphatic carbocycles. The summed E-state index contributed by atoms with van der Waals surface area (Å²) >= 11 is 0. The van der Waals surface area contributed by atoms with E-state index in [-0.39, 0.29) is 23.7 Å². The van der Waals surface area contributed by atoms with Gasteiger partial charge in [0.25, 0.3) is 0 Å². The van der Waals surface area contributed by atoms with Gasteiger partial charge in [-0.25, -0.2) is 0 Å². The van der Waals surface area contributed by atoms with E-state index in [1.54, 1.807) is 0 Å². The maximum Gasteiger partial charge on any atom is 0.416 e. The van der Waals surface area contributed by atoms with Gasteiger partial charge in [-0.1, -0.05) is 18.1 Å². The summed E-state index contributed by atoms with van der Waals surface area (Å²) in [6.45, 7) is 2.13. The van der Waals surface area contributed by atoms with Crippen LogP contribution in [0.2, 0.25) is 0 Å². The number of hydrogen-bond acceptors (Lipinski definition) is 4. The average molecular weight is 328 g/mol. The quantitative estimate of drug-likeness (QED) is 0.884. The van der Waals surface area contributed by atoms with Crippen LogP contribution in [0.5, 0.6) is 5.75 Å². The number of primary amides is 1. The molecule has 0 saturated carbocycles. The second-order valence-corrected chi connectivity index (χ2v) is 4.85. The van der Waals surface area contributed by atoms with E-state index in [9.17, 15) is 18.0 Å². The van der Waals surface area contributed by atoms with Gasteiger partial charge in [0.05, 0.1) is 18.4 Å². The van der Waals surface area contributed by atoms with E-state index >= 15 is 0 Å². The van der Waals surface area contributed by atoms with E-state index in [1.165, 1.54) is 24.4 Å². The van der Waals surface area contributed by atoms with Crippen LogP contribution in [0.1, 0.15) is 36.1 Å². The molecule has 2 N–H and O–H groups in total. The first-order valence-corrected chi connectivity index (χ1v) is 6.88. The minimum Gasteiger partial charge on any atom is -0.494 e. The van der Waals surface area contributed by atoms with Gasteiger partial charge < -0.3 is 15.0 Å². The number of halogens is 3. The fraction of sp³-hybridized carbons (Fsp3) is 0.333. The van der Waals surface area contributed by atoms with Gasteiger partial charge in [0.2, 0.25) is 5.91 Å². The topological polar surface area (TPSA) is 78.4 Å². The smallest absolute Gasteiger partial charge is 0.416 e. The molecule has 8 heteroatoms. The predicted molar refractivity (Wildman–Crippen MR) is 74.8 cm³/mol. The van der Waals surface area contributed by atoms with Gasteiger partial charge in [0.15, 0.2) is 5.76 Å². The number of hydrogen-bond donors (Lipinski definition) is 1. The van der Waals surface area contributed by atoms with Crippen LogP contribution in [0.3, 0.4) is 0 Å². The standard InChI is InChI=1S/C15H15F3N2O3/c1-2-7-22-9-3-4-10(11(8-9)15(16,17)18)13(14(19)21)12-5-6-20-23-12/h3-6,8,13H,2,7H2,1H3,(H2,19,21). The van der Waals surface area contributed by atoms with Crippen molar-refractivity contribution in [3.05, 3.63) is 47.3 Å². The zero-order valence-electron chi connectivity index (χ0n) is 12.3. The van der Waals surface area contributed by atoms with Crippen molar-refractivity contribution in [2.45, 2.75) is 25.4 Å². The third-order valence-corrected chi connectivity index (χ3v) is 3.14. The highest BCUT2D eigenvalue weighted by molar-refractivity contribution is 5.85. The average Bonchev–Trinajstić information content (AvgIpc) is 2.98. The number of aromatic nitrogens is 1. The monoisotopic (exact) mass is 328 g/mol. The number of nitrogens with two attached hydrogens (primary N) is 1. The molecule has 0 fully saturated rings. The van der Waals surface area contributed by atoms with Crippen LogP contribution in [0.25, 0.3) is 0 Å². The molecule has 2 aromatic rings. The molecule has 23 heavy (non-hydrogen) atoms. The van der Waals surface area contributed by atoms with Gasteiger partial charge in [0.1, 0.15) is 11.7 Å². The molecule has 1 unspecified atom stereocenters. The molecule has 1 heterocycles. The number of alkyl halides is 3. The lowest BCUT2D eigenvalue weighted by molar-refractivity contribution is -0.138. The summed E-state index contributed by atoms with van der Waals surface area (Å²) < 4.78 is 50.1. The van der Waals surface area contributed by atoms with Crippen LogP contribution in [-0.4, -0.2) is 17.7 Å². The van der Waals surface area contributed by atoms with E-state index < -0.39 is 23.6 Å². The Labute approximate surface area is 130 Å². The molecule has 0 spiro atoms. The lowest BCUT2D eigenvalue weighted by Gasteiger charge is -2.18. The Balaban J connectivity index is 2.53. The molecule has 1 amide bonds. The van der Waals surface area contributed by atoms with Crippen molar-refractivity contribution >= 4 is 5.91 Å². The Bertz CT molecular complexity index is 669. The van der Waals surface area contributed by atoms with E-state index in [1.807, 2.05) is 6.92 Å². The Morgan fingerprint density at radius 2 is 2.13 bits per heavy atom. The summed E-state index contributed by atoms with van der Waals surface area (Å²) in [7, 11) is 0. The Morgan fingerprint density at radius 3 is 2.65 bits per heavy atom. The molecule has 1 atom stereocenters. The largest absolute Gasteiger partial charge is 0.494 e. The number of benzene rings is 1. The number of rotatable bonds is 6. The highest BCUT2D eigenvalue weighted by atomic mass is 19.4. The lowest BCUT2D eigenvalue weighted by atomic mass is 9.91. The molecule has 1 aromatic heterocycles. The molecular weight excluding hydrogens is 313 g/mol. The molecular formula is C15H15F3N2O3. The third kappa shape index (κ3) is 3.82. The van der Waals surface area contributed by atoms with E-state index in [2.05, 4.69) is 5.16 Å². The molecule has 0 bridgehead atoms. The maximum absolute atomic E-state index is 13.4. The fourth-order valence-corrected chi connectivity index (χ4v) is 2.16. The summed E-state index contributed by atoms with van der Waals surface area (Å²) in [6.07, 6.45) is -2.78. The van der Waals surface area contributed by atoms with Crippen molar-refractivity contribution in [2.24, 2.45) is 5.73 Å². The molecule has 0 aliphatic rings.